The van der Waals surface area contributed by atoms with Gasteiger partial charge in [-0.1, -0.05) is 115 Å². The van der Waals surface area contributed by atoms with Gasteiger partial charge >= 0.3 is 356 Å². The van der Waals surface area contributed by atoms with Crippen molar-refractivity contribution in [2.75, 3.05) is 0 Å². The Morgan fingerprint density at radius 3 is 1.05 bits per heavy atom. The summed E-state index contributed by atoms with van der Waals surface area (Å²) in [6.07, 6.45) is 7.95. The first-order chi connectivity index (χ1) is 56.3. The SMILES string of the molecule is C1=c2ccccc2=CC2C1=C1/N=C3\N=C(N=c4[n-]c(c5cc6ccccc6cc45)=NC4=N/C(=N\C2[N-]1)c1cc2ccccc2cc14)c1cc2ccccc2cc13.[OH][Ga]1[N]2C3=C4C=c5ccccc5=CC4C2/N=C2\N=C(N=c4c5cc6ccccc6cc5c([n]41)=NC1=N/C(=N\3)c3cc4ccccc4cc31)c1cc3ccccc3cc12.[V+2]. The number of rotatable bonds is 0. The average molecular weight is 1570 g/mol. The Morgan fingerprint density at radius 2 is 0.626 bits per heavy atom. The van der Waals surface area contributed by atoms with Gasteiger partial charge in [0.05, 0.1) is 23.7 Å². The number of benzene rings is 14. The second-order valence-corrected chi connectivity index (χ2v) is 34.1. The van der Waals surface area contributed by atoms with Crippen molar-refractivity contribution in [1.82, 2.24) is 11.9 Å². The fourth-order valence-corrected chi connectivity index (χ4v) is 22.7. The fourth-order valence-electron chi connectivity index (χ4n) is 18.5. The number of hydrogen-bond donors (Lipinski definition) is 1. The van der Waals surface area contributed by atoms with E-state index in [1.165, 1.54) is 0 Å². The number of aromatic nitrogens is 2. The van der Waals surface area contributed by atoms with Crippen LogP contribution in [0.4, 0.5) is 0 Å². The summed E-state index contributed by atoms with van der Waals surface area (Å²) >= 11 is -4.07. The minimum absolute atomic E-state index is 0. The summed E-state index contributed by atoms with van der Waals surface area (Å²) in [5, 5.41) is 26.5. The van der Waals surface area contributed by atoms with Gasteiger partial charge in [-0.2, -0.15) is 0 Å². The monoisotopic (exact) mass is 1570 g/mol. The molecule has 0 amide bonds. The van der Waals surface area contributed by atoms with E-state index < -0.39 is 29.4 Å². The van der Waals surface area contributed by atoms with Gasteiger partial charge in [-0.05, 0) is 95.5 Å². The Morgan fingerprint density at radius 1 is 0.304 bits per heavy atom. The quantitative estimate of drug-likeness (QED) is 0.147. The van der Waals surface area contributed by atoms with Crippen molar-refractivity contribution < 1.29 is 22.5 Å². The van der Waals surface area contributed by atoms with Crippen molar-refractivity contribution in [3.8, 4) is 0 Å². The number of nitrogens with zero attached hydrogens (tertiary/aromatic N) is 16. The second-order valence-electron chi connectivity index (χ2n) is 30.4. The summed E-state index contributed by atoms with van der Waals surface area (Å²) in [5.41, 5.74) is 11.6. The topological polar surface area (TPSA) is 205 Å². The molecular weight excluding hydrogens is 1510 g/mol. The first-order valence-electron chi connectivity index (χ1n) is 38.3. The average Bonchev–Trinajstić information content (AvgIpc) is 1.55. The molecule has 16 aromatic rings. The Labute approximate surface area is 670 Å². The van der Waals surface area contributed by atoms with E-state index in [9.17, 15) is 3.90 Å². The minimum atomic E-state index is -4.07. The van der Waals surface area contributed by atoms with Crippen LogP contribution in [0.1, 0.15) is 44.5 Å². The van der Waals surface area contributed by atoms with Crippen molar-refractivity contribution in [2.45, 2.75) is 12.3 Å². The molecule has 27 rings (SSSR count). The molecule has 11 aliphatic rings. The van der Waals surface area contributed by atoms with Crippen LogP contribution in [-0.2, 0) is 18.6 Å². The summed E-state index contributed by atoms with van der Waals surface area (Å²) in [7, 11) is 0. The first kappa shape index (κ1) is 64.7. The van der Waals surface area contributed by atoms with Gasteiger partial charge in [0.15, 0.2) is 5.84 Å². The molecule has 531 valence electrons. The molecule has 4 unspecified atom stereocenters. The van der Waals surface area contributed by atoms with Crippen molar-refractivity contribution in [1.29, 1.82) is 0 Å². The van der Waals surface area contributed by atoms with Crippen molar-refractivity contribution >= 4 is 174 Å². The molecule has 0 saturated heterocycles. The van der Waals surface area contributed by atoms with E-state index in [0.717, 1.165) is 163 Å². The molecule has 0 spiro atoms. The molecule has 2 aromatic heterocycles. The summed E-state index contributed by atoms with van der Waals surface area (Å²) in [5.74, 6) is 5.50. The molecule has 11 heterocycles. The van der Waals surface area contributed by atoms with Crippen LogP contribution in [0.5, 0.6) is 0 Å². The Kier molecular flexibility index (Phi) is 13.6. The summed E-state index contributed by atoms with van der Waals surface area (Å²) in [6.45, 7) is 0. The molecule has 17 nitrogen and oxygen atoms in total. The van der Waals surface area contributed by atoms with Gasteiger partial charge in [0, 0.05) is 39.1 Å². The van der Waals surface area contributed by atoms with Gasteiger partial charge in [0.25, 0.3) is 0 Å². The molecule has 14 aromatic carbocycles. The van der Waals surface area contributed by atoms with E-state index in [0.29, 0.717) is 80.3 Å². The first-order valence-corrected chi connectivity index (χ1v) is 41.5. The molecule has 2 aliphatic carbocycles. The van der Waals surface area contributed by atoms with Crippen LogP contribution in [0.25, 0.3) is 116 Å². The maximum Gasteiger partial charge on any atom is 2.00 e. The molecule has 19 heteroatoms. The van der Waals surface area contributed by atoms with Crippen molar-refractivity contribution in [2.24, 2.45) is 71.7 Å². The van der Waals surface area contributed by atoms with Crippen molar-refractivity contribution in [3.05, 3.63) is 382 Å². The summed E-state index contributed by atoms with van der Waals surface area (Å²) in [4.78, 5) is 69.2. The maximum atomic E-state index is 13.5. The zero-order valence-electron chi connectivity index (χ0n) is 60.6. The molecule has 115 heavy (non-hydrogen) atoms. The van der Waals surface area contributed by atoms with Gasteiger partial charge in [-0.15, -0.1) is 0 Å². The normalized spacial score (nSPS) is 20.6. The van der Waals surface area contributed by atoms with E-state index in [1.807, 2.05) is 15.4 Å². The van der Waals surface area contributed by atoms with E-state index in [2.05, 4.69) is 283 Å². The third-order valence-corrected chi connectivity index (χ3v) is 28.2. The van der Waals surface area contributed by atoms with Crippen LogP contribution in [0.3, 0.4) is 0 Å². The van der Waals surface area contributed by atoms with Gasteiger partial charge in [-0.25, -0.2) is 9.98 Å². The van der Waals surface area contributed by atoms with Crippen LogP contribution in [0.2, 0.25) is 0 Å². The maximum absolute atomic E-state index is 13.5. The number of fused-ring (bicyclic) bond motifs is 38. The molecule has 1 radical (unpaired) electrons. The number of amidine groups is 8. The van der Waals surface area contributed by atoms with Crippen LogP contribution < -0.4 is 47.8 Å². The third kappa shape index (κ3) is 9.75. The second kappa shape index (κ2) is 24.3. The van der Waals surface area contributed by atoms with E-state index in [1.54, 1.807) is 0 Å². The summed E-state index contributed by atoms with van der Waals surface area (Å²) < 4.78 is 17.7. The molecule has 4 atom stereocenters. The zero-order chi connectivity index (χ0) is 74.3. The molecule has 0 saturated carbocycles. The Hall–Kier alpha value is -14.0. The van der Waals surface area contributed by atoms with Gasteiger partial charge in [0.1, 0.15) is 0 Å². The Bertz CT molecular complexity index is 8250. The van der Waals surface area contributed by atoms with Crippen LogP contribution in [-0.4, -0.2) is 86.9 Å². The fraction of sp³-hybridized carbons (Fsp3) is 0.0417. The van der Waals surface area contributed by atoms with Crippen LogP contribution in [0.15, 0.2) is 350 Å². The van der Waals surface area contributed by atoms with Gasteiger partial charge in [-0.3, -0.25) is 4.99 Å². The zero-order valence-corrected chi connectivity index (χ0v) is 64.5. The van der Waals surface area contributed by atoms with Crippen LogP contribution >= 0.6 is 0 Å². The predicted octanol–water partition coefficient (Wildman–Crippen LogP) is 12.1. The molecule has 14 bridgehead atoms. The molecule has 0 fully saturated rings. The number of aliphatic imine (C=N–C) groups is 8. The largest absolute Gasteiger partial charge is 2.00 e. The van der Waals surface area contributed by atoms with E-state index in [4.69, 9.17) is 70.2 Å². The standard InChI is InChI=1S/2C48H26N8.Ga.H2O.V/c2*1-2-10-26-18-34-33(17-25(26)9-1)41-49-42(34)54-44-37-21-29-13-5-6-14-30(29)22-38(37)46(51-44)56-48-40-24-32-16-8-7-15-31(32)23-39(40)47(52-48)55-45-36-20-28-12-4-3-11-27(28)19-35(36)43(50-45)53-41;;;/h2*1-24,33,41H;;1H2;/q2*-2;+3;;+2/p-1. The molecule has 9 aliphatic heterocycles. The summed E-state index contributed by atoms with van der Waals surface area (Å²) in [6, 6.07) is 92.9. The van der Waals surface area contributed by atoms with Crippen LogP contribution in [0, 0.1) is 11.8 Å². The molecule has 1 N–H and O–H groups in total. The minimum Gasteiger partial charge on any atom is 2.00 e. The third-order valence-electron chi connectivity index (χ3n) is 24.0. The van der Waals surface area contributed by atoms with Crippen molar-refractivity contribution in [3.63, 3.8) is 0 Å². The smallest absolute Gasteiger partial charge is 2.00 e. The molecular formula is C96H53GaN16OV. The van der Waals surface area contributed by atoms with E-state index in [-0.39, 0.29) is 30.4 Å². The predicted molar refractivity (Wildman–Crippen MR) is 453 cm³/mol. The number of hydrogen-bond acceptors (Lipinski definition) is 14. The van der Waals surface area contributed by atoms with Gasteiger partial charge in [0.2, 0.25) is 0 Å². The Balaban J connectivity index is 0.000000128. The van der Waals surface area contributed by atoms with Gasteiger partial charge < -0.3 is 25.3 Å². The van der Waals surface area contributed by atoms with E-state index >= 15 is 0 Å².